The molecule has 0 unspecified atom stereocenters. The number of anilines is 2. The van der Waals surface area contributed by atoms with Crippen LogP contribution < -0.4 is 10.1 Å². The fraction of sp³-hybridized carbons (Fsp3) is 0.531. The second-order valence-corrected chi connectivity index (χ2v) is 14.2. The molecule has 4 aliphatic rings. The molecule has 3 aliphatic heterocycles. The van der Waals surface area contributed by atoms with Crippen molar-refractivity contribution in [1.82, 2.24) is 19.8 Å². The number of benzene rings is 1. The average molecular weight is 619 g/mol. The number of rotatable bonds is 5. The number of carbonyl (C=O) groups excluding carboxylic acids is 2. The highest BCUT2D eigenvalue weighted by atomic mass is 32.1. The number of amides is 2. The van der Waals surface area contributed by atoms with Crippen LogP contribution in [0.3, 0.4) is 0 Å². The number of nitrogens with one attached hydrogen (secondary N) is 1. The lowest BCUT2D eigenvalue weighted by Gasteiger charge is -2.39. The standard InChI is InChI=1S/C32H38N6O5S/c1-18-16-41-8-7-38(18)30(39)19-5-6-23-26(11-19)44-29-27(23)28(34-17-35-29)36-24-9-20-12-33-13-21(20)10-25(24)42-22-14-37(15-22)31(40)43-32(2,3)4/h9-10,12,17-19,22H,5-8,11,13-16H2,1-4H3,(H,34,35,36)/t18-,19-/m0/s1. The van der Waals surface area contributed by atoms with Gasteiger partial charge >= 0.3 is 6.09 Å². The van der Waals surface area contributed by atoms with E-state index in [4.69, 9.17) is 14.2 Å². The SMILES string of the molecule is C[C@H]1COCCN1C(=O)[C@H]1CCc2c(sc3ncnc(Nc4cc5c(cc4OC4CN(C(=O)OC(C)(C)C)C4)CN=C5)c23)C1. The molecule has 2 saturated heterocycles. The van der Waals surface area contributed by atoms with Crippen molar-refractivity contribution in [3.8, 4) is 5.75 Å². The van der Waals surface area contributed by atoms with Crippen molar-refractivity contribution in [1.29, 1.82) is 0 Å². The van der Waals surface area contributed by atoms with E-state index >= 15 is 0 Å². The third-order valence-corrected chi connectivity index (χ3v) is 9.79. The van der Waals surface area contributed by atoms with Gasteiger partial charge in [-0.15, -0.1) is 11.3 Å². The van der Waals surface area contributed by atoms with Crippen LogP contribution >= 0.6 is 11.3 Å². The molecule has 1 aromatic carbocycles. The van der Waals surface area contributed by atoms with Gasteiger partial charge in [-0.05, 0) is 75.8 Å². The van der Waals surface area contributed by atoms with Crippen molar-refractivity contribution < 1.29 is 23.8 Å². The smallest absolute Gasteiger partial charge is 0.410 e. The summed E-state index contributed by atoms with van der Waals surface area (Å²) in [4.78, 5) is 45.4. The van der Waals surface area contributed by atoms with Gasteiger partial charge in [0.1, 0.15) is 34.4 Å². The van der Waals surface area contributed by atoms with Gasteiger partial charge in [0.25, 0.3) is 0 Å². The van der Waals surface area contributed by atoms with E-state index in [-0.39, 0.29) is 30.1 Å². The van der Waals surface area contributed by atoms with Gasteiger partial charge in [-0.3, -0.25) is 9.79 Å². The number of aromatic nitrogens is 2. The molecule has 12 heteroatoms. The van der Waals surface area contributed by atoms with E-state index in [1.165, 1.54) is 10.4 Å². The molecule has 232 valence electrons. The van der Waals surface area contributed by atoms with Crippen molar-refractivity contribution >= 4 is 51.3 Å². The van der Waals surface area contributed by atoms with Crippen LogP contribution in [0.2, 0.25) is 0 Å². The Hall–Kier alpha value is -3.77. The molecule has 7 rings (SSSR count). The molecule has 0 bridgehead atoms. The first-order chi connectivity index (χ1) is 21.1. The van der Waals surface area contributed by atoms with Gasteiger partial charge < -0.3 is 29.3 Å². The Balaban J connectivity index is 1.11. The highest BCUT2D eigenvalue weighted by Gasteiger charge is 2.37. The number of ether oxygens (including phenoxy) is 3. The van der Waals surface area contributed by atoms with Crippen LogP contribution in [0.1, 0.15) is 55.7 Å². The summed E-state index contributed by atoms with van der Waals surface area (Å²) < 4.78 is 17.5. The van der Waals surface area contributed by atoms with E-state index < -0.39 is 5.60 Å². The fourth-order valence-electron chi connectivity index (χ4n) is 6.33. The molecule has 11 nitrogen and oxygen atoms in total. The van der Waals surface area contributed by atoms with E-state index in [0.29, 0.717) is 45.1 Å². The van der Waals surface area contributed by atoms with Crippen molar-refractivity contribution in [3.05, 3.63) is 40.0 Å². The predicted octanol–water partition coefficient (Wildman–Crippen LogP) is 4.72. The Kier molecular flexibility index (Phi) is 7.44. The van der Waals surface area contributed by atoms with Crippen molar-refractivity contribution in [3.63, 3.8) is 0 Å². The quantitative estimate of drug-likeness (QED) is 0.437. The van der Waals surface area contributed by atoms with E-state index in [2.05, 4.69) is 33.3 Å². The van der Waals surface area contributed by atoms with E-state index in [1.54, 1.807) is 22.6 Å². The second-order valence-electron chi connectivity index (χ2n) is 13.1. The number of carbonyl (C=O) groups is 2. The van der Waals surface area contributed by atoms with E-state index in [1.807, 2.05) is 38.0 Å². The predicted molar refractivity (Wildman–Crippen MR) is 168 cm³/mol. The Morgan fingerprint density at radius 2 is 2.02 bits per heavy atom. The maximum Gasteiger partial charge on any atom is 0.410 e. The number of morpholine rings is 1. The Labute approximate surface area is 260 Å². The van der Waals surface area contributed by atoms with Crippen LogP contribution in [-0.4, -0.2) is 88.6 Å². The van der Waals surface area contributed by atoms with Gasteiger partial charge in [-0.2, -0.15) is 0 Å². The van der Waals surface area contributed by atoms with Gasteiger partial charge in [0.05, 0.1) is 50.0 Å². The van der Waals surface area contributed by atoms with Crippen molar-refractivity contribution in [2.45, 2.75) is 71.2 Å². The number of aryl methyl sites for hydroxylation is 1. The highest BCUT2D eigenvalue weighted by molar-refractivity contribution is 7.19. The van der Waals surface area contributed by atoms with Crippen LogP contribution in [0.5, 0.6) is 5.75 Å². The summed E-state index contributed by atoms with van der Waals surface area (Å²) in [5.74, 6) is 1.63. The lowest BCUT2D eigenvalue weighted by atomic mass is 9.86. The van der Waals surface area contributed by atoms with Crippen LogP contribution in [0.25, 0.3) is 10.2 Å². The van der Waals surface area contributed by atoms with Gasteiger partial charge in [0.15, 0.2) is 0 Å². The van der Waals surface area contributed by atoms with Crippen molar-refractivity contribution in [2.75, 3.05) is 38.2 Å². The molecule has 0 saturated carbocycles. The third-order valence-electron chi connectivity index (χ3n) is 8.63. The number of thiophene rings is 1. The topological polar surface area (TPSA) is 118 Å². The molecule has 0 radical (unpaired) electrons. The van der Waals surface area contributed by atoms with Crippen LogP contribution in [0.4, 0.5) is 16.3 Å². The van der Waals surface area contributed by atoms with Gasteiger partial charge in [-0.1, -0.05) is 0 Å². The summed E-state index contributed by atoms with van der Waals surface area (Å²) in [6, 6.07) is 4.19. The molecule has 0 spiro atoms. The van der Waals surface area contributed by atoms with Crippen LogP contribution in [-0.2, 0) is 33.7 Å². The summed E-state index contributed by atoms with van der Waals surface area (Å²) in [6.45, 7) is 11.0. The van der Waals surface area contributed by atoms with Crippen LogP contribution in [0, 0.1) is 5.92 Å². The lowest BCUT2D eigenvalue weighted by Crippen LogP contribution is -2.57. The third kappa shape index (κ3) is 5.61. The minimum atomic E-state index is -0.540. The summed E-state index contributed by atoms with van der Waals surface area (Å²) in [7, 11) is 0. The first-order valence-electron chi connectivity index (χ1n) is 15.3. The van der Waals surface area contributed by atoms with Crippen LogP contribution in [0.15, 0.2) is 23.5 Å². The molecule has 2 aromatic heterocycles. The number of hydrogen-bond acceptors (Lipinski definition) is 10. The molecule has 2 amide bonds. The van der Waals surface area contributed by atoms with Gasteiger partial charge in [0.2, 0.25) is 5.91 Å². The minimum absolute atomic E-state index is 0.0285. The molecule has 2 fully saturated rings. The largest absolute Gasteiger partial charge is 0.485 e. The first kappa shape index (κ1) is 29.0. The molecule has 3 aromatic rings. The molecule has 5 heterocycles. The highest BCUT2D eigenvalue weighted by Crippen LogP contribution is 2.42. The van der Waals surface area contributed by atoms with Gasteiger partial charge in [0, 0.05) is 23.6 Å². The molecule has 1 aliphatic carbocycles. The number of fused-ring (bicyclic) bond motifs is 4. The fourth-order valence-corrected chi connectivity index (χ4v) is 7.60. The monoisotopic (exact) mass is 618 g/mol. The lowest BCUT2D eigenvalue weighted by molar-refractivity contribution is -0.143. The minimum Gasteiger partial charge on any atom is -0.485 e. The van der Waals surface area contributed by atoms with E-state index in [9.17, 15) is 9.59 Å². The summed E-state index contributed by atoms with van der Waals surface area (Å²) in [5.41, 5.74) is 3.61. The average Bonchev–Trinajstić information content (AvgIpc) is 3.57. The Morgan fingerprint density at radius 1 is 1.18 bits per heavy atom. The van der Waals surface area contributed by atoms with Gasteiger partial charge in [-0.25, -0.2) is 14.8 Å². The van der Waals surface area contributed by atoms with Crippen molar-refractivity contribution in [2.24, 2.45) is 10.9 Å². The summed E-state index contributed by atoms with van der Waals surface area (Å²) in [6.07, 6.45) is 5.32. The molecular formula is C32H38N6O5S. The number of nitrogens with zero attached hydrogens (tertiary/aromatic N) is 5. The Bertz CT molecular complexity index is 1640. The Morgan fingerprint density at radius 3 is 2.82 bits per heavy atom. The normalized spacial score (nSPS) is 21.5. The molecule has 2 atom stereocenters. The maximum atomic E-state index is 13.4. The molecular weight excluding hydrogens is 580 g/mol. The number of hydrogen-bond donors (Lipinski definition) is 1. The zero-order valence-corrected chi connectivity index (χ0v) is 26.4. The molecule has 44 heavy (non-hydrogen) atoms. The number of aliphatic imine (C=N–C) groups is 1. The van der Waals surface area contributed by atoms with E-state index in [0.717, 1.165) is 52.1 Å². The number of likely N-dealkylation sites (tertiary alicyclic amines) is 1. The summed E-state index contributed by atoms with van der Waals surface area (Å²) in [5, 5.41) is 4.58. The zero-order chi connectivity index (χ0) is 30.6. The first-order valence-corrected chi connectivity index (χ1v) is 16.2. The molecule has 1 N–H and O–H groups in total. The zero-order valence-electron chi connectivity index (χ0n) is 25.6. The second kappa shape index (κ2) is 11.3. The summed E-state index contributed by atoms with van der Waals surface area (Å²) >= 11 is 1.66. The maximum absolute atomic E-state index is 13.4.